The summed E-state index contributed by atoms with van der Waals surface area (Å²) in [5.41, 5.74) is 1.04. The molecular formula is C16H18NNaO6. The van der Waals surface area contributed by atoms with E-state index in [0.29, 0.717) is 6.54 Å². The molecule has 1 aromatic carbocycles. The summed E-state index contributed by atoms with van der Waals surface area (Å²) in [5.74, 6) is -1.80. The maximum Gasteiger partial charge on any atom is 1.00 e. The first-order valence-electron chi connectivity index (χ1n) is 7.00. The van der Waals surface area contributed by atoms with Gasteiger partial charge in [-0.05, 0) is 11.5 Å². The average molecular weight is 343 g/mol. The normalized spacial score (nSPS) is 11.2. The number of hydrogen-bond acceptors (Lipinski definition) is 6. The van der Waals surface area contributed by atoms with Crippen LogP contribution in [-0.2, 0) is 19.1 Å². The third-order valence-corrected chi connectivity index (χ3v) is 2.80. The Morgan fingerprint density at radius 2 is 1.79 bits per heavy atom. The molecule has 8 heteroatoms. The van der Waals surface area contributed by atoms with Crippen LogP contribution in [0.1, 0.15) is 18.4 Å². The maximum atomic E-state index is 11.5. The molecule has 0 fully saturated rings. The van der Waals surface area contributed by atoms with Gasteiger partial charge in [-0.3, -0.25) is 0 Å². The van der Waals surface area contributed by atoms with Crippen molar-refractivity contribution < 1.29 is 58.5 Å². The van der Waals surface area contributed by atoms with Crippen LogP contribution in [0.3, 0.4) is 0 Å². The molecule has 1 amide bonds. The van der Waals surface area contributed by atoms with Crippen LogP contribution in [0.15, 0.2) is 42.5 Å². The van der Waals surface area contributed by atoms with Gasteiger partial charge in [0.15, 0.2) is 0 Å². The molecule has 24 heavy (non-hydrogen) atoms. The third kappa shape index (κ3) is 9.46. The van der Waals surface area contributed by atoms with Crippen LogP contribution in [0.5, 0.6) is 0 Å². The van der Waals surface area contributed by atoms with E-state index in [2.05, 4.69) is 14.8 Å². The van der Waals surface area contributed by atoms with Gasteiger partial charge in [-0.25, -0.2) is 14.4 Å². The van der Waals surface area contributed by atoms with E-state index in [0.717, 1.165) is 17.7 Å². The van der Waals surface area contributed by atoms with Crippen molar-refractivity contribution in [1.82, 2.24) is 5.32 Å². The zero-order chi connectivity index (χ0) is 17.1. The van der Waals surface area contributed by atoms with Crippen molar-refractivity contribution in [2.75, 3.05) is 19.8 Å². The molecule has 124 valence electrons. The van der Waals surface area contributed by atoms with Crippen molar-refractivity contribution in [3.8, 4) is 0 Å². The van der Waals surface area contributed by atoms with Crippen LogP contribution in [0.2, 0.25) is 0 Å². The van der Waals surface area contributed by atoms with Gasteiger partial charge in [0.05, 0.1) is 6.61 Å². The number of rotatable bonds is 7. The van der Waals surface area contributed by atoms with Gasteiger partial charge in [-0.15, -0.1) is 6.61 Å². The zero-order valence-corrected chi connectivity index (χ0v) is 15.7. The van der Waals surface area contributed by atoms with Crippen LogP contribution < -0.4 is 40.0 Å². The molecule has 1 atom stereocenters. The van der Waals surface area contributed by atoms with Crippen LogP contribution in [-0.4, -0.2) is 37.8 Å². The first-order valence-corrected chi connectivity index (χ1v) is 7.00. The van der Waals surface area contributed by atoms with E-state index in [4.69, 9.17) is 0 Å². The fourth-order valence-corrected chi connectivity index (χ4v) is 1.62. The van der Waals surface area contributed by atoms with Crippen LogP contribution in [0, 0.1) is 0 Å². The Hall–Kier alpha value is -1.67. The van der Waals surface area contributed by atoms with Gasteiger partial charge in [0.2, 0.25) is 0 Å². The number of carbonyl (C=O) groups is 3. The number of esters is 2. The number of amides is 1. The molecule has 0 saturated heterocycles. The number of carbonyl (C=O) groups excluding carboxylic acids is 3. The molecule has 0 heterocycles. The van der Waals surface area contributed by atoms with Gasteiger partial charge in [-0.1, -0.05) is 37.3 Å². The van der Waals surface area contributed by atoms with Crippen molar-refractivity contribution in [1.29, 1.82) is 0 Å². The molecule has 7 nitrogen and oxygen atoms in total. The molecule has 0 aliphatic rings. The summed E-state index contributed by atoms with van der Waals surface area (Å²) in [6.45, 7) is 1.37. The van der Waals surface area contributed by atoms with Gasteiger partial charge < -0.3 is 19.9 Å². The molecule has 0 bridgehead atoms. The molecule has 0 saturated carbocycles. The molecule has 0 radical (unpaired) electrons. The zero-order valence-electron chi connectivity index (χ0n) is 13.7. The van der Waals surface area contributed by atoms with Gasteiger partial charge in [0.25, 0.3) is 0 Å². The largest absolute Gasteiger partial charge is 1.00 e. The van der Waals surface area contributed by atoms with Crippen molar-refractivity contribution in [2.24, 2.45) is 0 Å². The summed E-state index contributed by atoms with van der Waals surface area (Å²) in [4.78, 5) is 33.8. The van der Waals surface area contributed by atoms with Gasteiger partial charge in [0, 0.05) is 18.7 Å². The van der Waals surface area contributed by atoms with Gasteiger partial charge in [-0.2, -0.15) is 0 Å². The van der Waals surface area contributed by atoms with E-state index in [-0.39, 0.29) is 42.1 Å². The fraction of sp³-hybridized carbons (Fsp3) is 0.312. The molecule has 1 rings (SSSR count). The van der Waals surface area contributed by atoms with Crippen molar-refractivity contribution >= 4 is 18.0 Å². The second-order valence-electron chi connectivity index (χ2n) is 4.61. The Bertz CT molecular complexity index is 561. The second-order valence-corrected chi connectivity index (χ2v) is 4.61. The summed E-state index contributed by atoms with van der Waals surface area (Å²) in [6, 6.07) is 9.54. The smallest absolute Gasteiger partial charge is 0.852 e. The Balaban J connectivity index is 0.00000529. The van der Waals surface area contributed by atoms with Crippen molar-refractivity contribution in [3.63, 3.8) is 0 Å². The maximum absolute atomic E-state index is 11.5. The van der Waals surface area contributed by atoms with E-state index in [1.807, 2.05) is 37.3 Å². The Labute approximate surface area is 162 Å². The summed E-state index contributed by atoms with van der Waals surface area (Å²) < 4.78 is 8.87. The van der Waals surface area contributed by atoms with Crippen LogP contribution in [0.25, 0.3) is 0 Å². The van der Waals surface area contributed by atoms with Crippen molar-refractivity contribution in [3.05, 3.63) is 48.0 Å². The first-order chi connectivity index (χ1) is 11.0. The van der Waals surface area contributed by atoms with E-state index in [1.165, 1.54) is 0 Å². The van der Waals surface area contributed by atoms with E-state index >= 15 is 0 Å². The topological polar surface area (TPSA) is 105 Å². The number of alkyl carbamates (subject to hydrolysis) is 1. The Morgan fingerprint density at radius 1 is 1.17 bits per heavy atom. The van der Waals surface area contributed by atoms with Crippen molar-refractivity contribution in [2.45, 2.75) is 12.8 Å². The van der Waals surface area contributed by atoms with Crippen LogP contribution in [0.4, 0.5) is 4.79 Å². The molecule has 1 aromatic rings. The predicted octanol–water partition coefficient (Wildman–Crippen LogP) is -2.49. The average Bonchev–Trinajstić information content (AvgIpc) is 2.56. The number of benzene rings is 1. The standard InChI is InChI=1S/C16H18NO6.Na/c1-12(13-5-3-2-4-6-13)11-17-16(21)23-15(20)8-7-14(19)22-10-9-18;/h2-8,12H,9-11H2,1H3,(H,17,21);/q-1;+1/b8-7-;. The number of ether oxygens (including phenoxy) is 2. The second kappa shape index (κ2) is 12.7. The van der Waals surface area contributed by atoms with E-state index in [1.54, 1.807) is 0 Å². The molecular weight excluding hydrogens is 325 g/mol. The fourth-order valence-electron chi connectivity index (χ4n) is 1.62. The molecule has 0 spiro atoms. The minimum atomic E-state index is -1.01. The van der Waals surface area contributed by atoms with Gasteiger partial charge >= 0.3 is 47.6 Å². The van der Waals surface area contributed by atoms with Crippen LogP contribution >= 0.6 is 0 Å². The molecule has 0 aliphatic carbocycles. The summed E-state index contributed by atoms with van der Waals surface area (Å²) in [5, 5.41) is 12.6. The molecule has 1 N–H and O–H groups in total. The Kier molecular flexibility index (Phi) is 11.8. The SMILES string of the molecule is CC(CNC(=O)OC(=O)/C=C\C(=O)OCC[O-])c1ccccc1.[Na+]. The molecule has 0 aliphatic heterocycles. The number of hydrogen-bond donors (Lipinski definition) is 1. The molecule has 0 aromatic heterocycles. The summed E-state index contributed by atoms with van der Waals surface area (Å²) in [6.07, 6.45) is 0.640. The molecule has 1 unspecified atom stereocenters. The van der Waals surface area contributed by atoms with E-state index in [9.17, 15) is 19.5 Å². The monoisotopic (exact) mass is 343 g/mol. The predicted molar refractivity (Wildman–Crippen MR) is 79.3 cm³/mol. The first kappa shape index (κ1) is 22.3. The quantitative estimate of drug-likeness (QED) is 0.254. The number of nitrogens with one attached hydrogen (secondary N) is 1. The van der Waals surface area contributed by atoms with E-state index < -0.39 is 24.6 Å². The van der Waals surface area contributed by atoms with Gasteiger partial charge in [0.1, 0.15) is 0 Å². The Morgan fingerprint density at radius 3 is 2.42 bits per heavy atom. The minimum Gasteiger partial charge on any atom is -0.852 e. The third-order valence-electron chi connectivity index (χ3n) is 2.80. The summed E-state index contributed by atoms with van der Waals surface area (Å²) in [7, 11) is 0. The minimum absolute atomic E-state index is 0. The summed E-state index contributed by atoms with van der Waals surface area (Å²) >= 11 is 0.